The van der Waals surface area contributed by atoms with E-state index in [1.165, 1.54) is 36.4 Å². The van der Waals surface area contributed by atoms with Crippen molar-refractivity contribution >= 4 is 68.0 Å². The fourth-order valence-corrected chi connectivity index (χ4v) is 11.1. The van der Waals surface area contributed by atoms with Crippen LogP contribution < -0.4 is 16.4 Å². The normalized spacial score (nSPS) is 14.4. The quantitative estimate of drug-likeness (QED) is 0.0813. The van der Waals surface area contributed by atoms with Crippen LogP contribution >= 0.6 is 0 Å². The Labute approximate surface area is 475 Å². The van der Waals surface area contributed by atoms with Gasteiger partial charge in [-0.15, -0.1) is 0 Å². The summed E-state index contributed by atoms with van der Waals surface area (Å²) < 4.78 is 51.6. The van der Waals surface area contributed by atoms with Crippen molar-refractivity contribution in [2.24, 2.45) is 5.73 Å². The van der Waals surface area contributed by atoms with E-state index in [-0.39, 0.29) is 42.4 Å². The van der Waals surface area contributed by atoms with Gasteiger partial charge in [-0.2, -0.15) is 0 Å². The number of carbonyl (C=O) groups is 6. The molecule has 0 spiro atoms. The first kappa shape index (κ1) is 58.0. The summed E-state index contributed by atoms with van der Waals surface area (Å²) in [4.78, 5) is 73.4. The van der Waals surface area contributed by atoms with Crippen molar-refractivity contribution in [3.8, 4) is 0 Å². The molecular weight excluding hydrogens is 1060 g/mol. The highest BCUT2D eigenvalue weighted by Crippen LogP contribution is 2.35. The maximum atomic E-state index is 14.1. The minimum absolute atomic E-state index is 0.127. The van der Waals surface area contributed by atoms with Crippen LogP contribution in [0.5, 0.6) is 0 Å². The maximum Gasteiger partial charge on any atom is 0.336 e. The first-order chi connectivity index (χ1) is 39.9. The minimum Gasteiger partial charge on any atom is -0.479 e. The zero-order valence-electron chi connectivity index (χ0n) is 45.3. The number of halogens is 3. The number of amides is 2. The van der Waals surface area contributed by atoms with Gasteiger partial charge in [0, 0.05) is 65.8 Å². The Morgan fingerprint density at radius 1 is 0.410 bits per heavy atom. The second-order valence-corrected chi connectivity index (χ2v) is 20.6. The molecule has 0 aromatic heterocycles. The molecule has 9 aromatic carbocycles. The lowest BCUT2D eigenvalue weighted by Gasteiger charge is -2.28. The summed E-state index contributed by atoms with van der Waals surface area (Å²) >= 11 is 0. The number of esters is 2. The standard InChI is InChI=1S/C23H20FNO3.C21H16FNO3.C12H15NO2.C11H7FO2/c1-2-28-22(27)23(13-15-7-3-4-8-16(15)14-23)25-21(26)19-11-12-20(24)18-10-6-5-9-17(18)19;22-18-10-9-17(15-7-3-4-8-16(15)18)19(24)23-21(20(25)26)11-13-5-1-2-6-14(13)12-21;1-2-15-11(14)12(13)7-9-5-3-4-6-10(9)8-12;12-10-6-5-9(11(13)14)7-3-1-2-4-8(7)10/h3-12H,2,13-14H2,1H3,(H,25,26);1-10H,11-12H2,(H,23,24)(H,25,26);3-6H,2,7-8,13H2,1H3;1-6H,(H,13,14). The summed E-state index contributed by atoms with van der Waals surface area (Å²) in [6, 6.07) is 51.0. The Bertz CT molecular complexity index is 3920. The number of carboxylic acids is 2. The first-order valence-electron chi connectivity index (χ1n) is 26.9. The minimum atomic E-state index is -1.39. The van der Waals surface area contributed by atoms with Gasteiger partial charge in [-0.25, -0.2) is 27.6 Å². The maximum absolute atomic E-state index is 14.1. The van der Waals surface area contributed by atoms with Gasteiger partial charge in [0.1, 0.15) is 34.1 Å². The Hall–Kier alpha value is -9.67. The van der Waals surface area contributed by atoms with Crippen molar-refractivity contribution in [1.29, 1.82) is 0 Å². The highest BCUT2D eigenvalue weighted by atomic mass is 19.1. The molecule has 422 valence electrons. The van der Waals surface area contributed by atoms with Crippen LogP contribution in [0.15, 0.2) is 182 Å². The Morgan fingerprint density at radius 2 is 0.699 bits per heavy atom. The van der Waals surface area contributed by atoms with Gasteiger partial charge < -0.3 is 36.1 Å². The highest BCUT2D eigenvalue weighted by molar-refractivity contribution is 6.10. The molecular formula is C67H58F3N3O10. The van der Waals surface area contributed by atoms with E-state index in [4.69, 9.17) is 20.3 Å². The van der Waals surface area contributed by atoms with Gasteiger partial charge in [0.2, 0.25) is 0 Å². The van der Waals surface area contributed by atoms with Crippen molar-refractivity contribution in [3.05, 3.63) is 250 Å². The molecule has 2 amide bonds. The average molecular weight is 1120 g/mol. The number of nitrogens with two attached hydrogens (primary N) is 1. The molecule has 13 nitrogen and oxygen atoms in total. The molecule has 0 radical (unpaired) electrons. The van der Waals surface area contributed by atoms with E-state index in [1.54, 1.807) is 86.6 Å². The van der Waals surface area contributed by atoms with E-state index in [0.717, 1.165) is 33.4 Å². The van der Waals surface area contributed by atoms with E-state index < -0.39 is 58.0 Å². The third-order valence-corrected chi connectivity index (χ3v) is 15.1. The smallest absolute Gasteiger partial charge is 0.336 e. The van der Waals surface area contributed by atoms with Crippen LogP contribution in [0.25, 0.3) is 32.3 Å². The highest BCUT2D eigenvalue weighted by Gasteiger charge is 2.48. The van der Waals surface area contributed by atoms with Crippen molar-refractivity contribution < 1.29 is 61.6 Å². The summed E-state index contributed by atoms with van der Waals surface area (Å²) in [5.41, 5.74) is 9.56. The molecule has 16 heteroatoms. The zero-order valence-corrected chi connectivity index (χ0v) is 45.3. The van der Waals surface area contributed by atoms with E-state index in [1.807, 2.05) is 72.8 Å². The molecule has 9 aromatic rings. The molecule has 0 unspecified atom stereocenters. The molecule has 0 heterocycles. The molecule has 12 rings (SSSR count). The number of aromatic carboxylic acids is 1. The van der Waals surface area contributed by atoms with Gasteiger partial charge in [0.15, 0.2) is 0 Å². The fourth-order valence-electron chi connectivity index (χ4n) is 11.1. The summed E-state index contributed by atoms with van der Waals surface area (Å²) in [5.74, 6) is -5.00. The number of carboxylic acid groups (broad SMARTS) is 2. The van der Waals surface area contributed by atoms with E-state index in [0.29, 0.717) is 70.2 Å². The number of rotatable bonds is 10. The topological polar surface area (TPSA) is 211 Å². The van der Waals surface area contributed by atoms with Crippen LogP contribution in [0.2, 0.25) is 0 Å². The van der Waals surface area contributed by atoms with E-state index in [9.17, 15) is 47.0 Å². The van der Waals surface area contributed by atoms with Crippen LogP contribution in [0.1, 0.15) is 78.3 Å². The van der Waals surface area contributed by atoms with Gasteiger partial charge in [0.25, 0.3) is 11.8 Å². The lowest BCUT2D eigenvalue weighted by Crippen LogP contribution is -2.56. The molecule has 83 heavy (non-hydrogen) atoms. The van der Waals surface area contributed by atoms with Gasteiger partial charge in [-0.1, -0.05) is 146 Å². The SMILES string of the molecule is CCOC(=O)C1(N)Cc2ccccc2C1.CCOC(=O)C1(NC(=O)c2ccc(F)c3ccccc23)Cc2ccccc2C1.O=C(NC1(C(=O)O)Cc2ccccc2C1)c1ccc(F)c2ccccc12.O=C(O)c1ccc(F)c2ccccc12. The summed E-state index contributed by atoms with van der Waals surface area (Å²) in [7, 11) is 0. The van der Waals surface area contributed by atoms with Gasteiger partial charge >= 0.3 is 23.9 Å². The van der Waals surface area contributed by atoms with Crippen molar-refractivity contribution in [2.45, 2.75) is 69.0 Å². The summed E-state index contributed by atoms with van der Waals surface area (Å²) in [6.45, 7) is 4.15. The van der Waals surface area contributed by atoms with Crippen molar-refractivity contribution in [1.82, 2.24) is 10.6 Å². The number of carbonyl (C=O) groups excluding carboxylic acids is 4. The second-order valence-electron chi connectivity index (χ2n) is 20.6. The van der Waals surface area contributed by atoms with Gasteiger partial charge in [0.05, 0.1) is 18.8 Å². The predicted octanol–water partition coefficient (Wildman–Crippen LogP) is 10.9. The van der Waals surface area contributed by atoms with Crippen LogP contribution in [0, 0.1) is 17.5 Å². The molecule has 0 aliphatic heterocycles. The largest absolute Gasteiger partial charge is 0.479 e. The molecule has 3 aliphatic rings. The van der Waals surface area contributed by atoms with Crippen LogP contribution in [0.3, 0.4) is 0 Å². The van der Waals surface area contributed by atoms with Gasteiger partial charge in [-0.3, -0.25) is 14.4 Å². The third-order valence-electron chi connectivity index (χ3n) is 15.1. The molecule has 3 aliphatic carbocycles. The zero-order chi connectivity index (χ0) is 59.1. The number of fused-ring (bicyclic) bond motifs is 6. The van der Waals surface area contributed by atoms with E-state index in [2.05, 4.69) is 10.6 Å². The summed E-state index contributed by atoms with van der Waals surface area (Å²) in [6.07, 6.45) is 2.36. The van der Waals surface area contributed by atoms with E-state index >= 15 is 0 Å². The fraction of sp³-hybridized carbons (Fsp3) is 0.194. The molecule has 0 saturated heterocycles. The number of nitrogens with one attached hydrogen (secondary N) is 2. The number of hydrogen-bond donors (Lipinski definition) is 5. The Morgan fingerprint density at radius 3 is 1.05 bits per heavy atom. The first-order valence-corrected chi connectivity index (χ1v) is 26.9. The van der Waals surface area contributed by atoms with Crippen LogP contribution in [-0.2, 0) is 62.4 Å². The van der Waals surface area contributed by atoms with Crippen LogP contribution in [0.4, 0.5) is 13.2 Å². The Kier molecular flexibility index (Phi) is 17.2. The number of hydrogen-bond acceptors (Lipinski definition) is 9. The molecule has 0 fully saturated rings. The second kappa shape index (κ2) is 24.6. The third kappa shape index (κ3) is 12.2. The van der Waals surface area contributed by atoms with Crippen molar-refractivity contribution in [2.75, 3.05) is 13.2 Å². The Balaban J connectivity index is 0.000000139. The monoisotopic (exact) mass is 1120 g/mol. The van der Waals surface area contributed by atoms with Crippen molar-refractivity contribution in [3.63, 3.8) is 0 Å². The molecule has 0 saturated carbocycles. The average Bonchev–Trinajstić information content (AvgIpc) is 4.42. The number of aliphatic carboxylic acids is 1. The lowest BCUT2D eigenvalue weighted by molar-refractivity contribution is -0.150. The molecule has 0 atom stereocenters. The number of ether oxygens (including phenoxy) is 2. The predicted molar refractivity (Wildman–Crippen MR) is 308 cm³/mol. The van der Waals surface area contributed by atoms with Gasteiger partial charge in [-0.05, 0) is 99.8 Å². The molecule has 0 bridgehead atoms. The van der Waals surface area contributed by atoms with Crippen LogP contribution in [-0.4, -0.2) is 75.7 Å². The number of benzene rings is 9. The summed E-state index contributed by atoms with van der Waals surface area (Å²) in [5, 5.41) is 26.7. The lowest BCUT2D eigenvalue weighted by atomic mass is 9.94. The molecule has 6 N–H and O–H groups in total.